The van der Waals surface area contributed by atoms with Gasteiger partial charge in [-0.15, -0.1) is 0 Å². The van der Waals surface area contributed by atoms with E-state index in [1.54, 1.807) is 27.0 Å². The Balaban J connectivity index is 1.27. The van der Waals surface area contributed by atoms with Gasteiger partial charge in [0.15, 0.2) is 48.4 Å². The number of Topliss-reactive ketones (excluding diaryl/α,β-unsaturated/α-hetero) is 1. The molecule has 1 aromatic carbocycles. The van der Waals surface area contributed by atoms with Crippen LogP contribution in [0.4, 0.5) is 10.5 Å². The van der Waals surface area contributed by atoms with Gasteiger partial charge < -0.3 is 87.3 Å². The van der Waals surface area contributed by atoms with Gasteiger partial charge in [0.05, 0.1) is 106 Å². The van der Waals surface area contributed by atoms with Crippen molar-refractivity contribution in [1.82, 2.24) is 16.1 Å². The lowest BCUT2D eigenvalue weighted by atomic mass is 9.73. The van der Waals surface area contributed by atoms with Gasteiger partial charge in [-0.2, -0.15) is 17.2 Å². The van der Waals surface area contributed by atoms with E-state index in [1.165, 1.54) is 95.7 Å². The van der Waals surface area contributed by atoms with Gasteiger partial charge >= 0.3 is 12.1 Å². The summed E-state index contributed by atoms with van der Waals surface area (Å²) in [6.45, 7) is 14.6. The molecule has 4 saturated heterocycles. The molecule has 0 saturated carbocycles. The van der Waals surface area contributed by atoms with E-state index in [0.29, 0.717) is 5.71 Å². The highest BCUT2D eigenvalue weighted by Crippen LogP contribution is 2.44. The molecular weight excluding hydrogens is 1240 g/mol. The second-order valence-electron chi connectivity index (χ2n) is 21.6. The molecular formula is C60H82N4O21S4. The van der Waals surface area contributed by atoms with Crippen molar-refractivity contribution in [3.05, 3.63) is 65.1 Å². The molecule has 492 valence electrons. The van der Waals surface area contributed by atoms with Gasteiger partial charge in [0.2, 0.25) is 5.78 Å². The Hall–Kier alpha value is -4.42. The molecule has 1 aromatic rings. The average molecular weight is 1320 g/mol. The second-order valence-corrected chi connectivity index (χ2v) is 27.0. The molecule has 0 spiro atoms. The maximum Gasteiger partial charge on any atom is 0.411 e. The van der Waals surface area contributed by atoms with E-state index < -0.39 is 128 Å². The third kappa shape index (κ3) is 17.6. The van der Waals surface area contributed by atoms with E-state index in [-0.39, 0.29) is 88.3 Å². The first-order valence-electron chi connectivity index (χ1n) is 28.7. The fraction of sp³-hybridized carbons (Fsp3) is 0.633. The Labute approximate surface area is 534 Å². The zero-order valence-electron chi connectivity index (χ0n) is 51.9. The summed E-state index contributed by atoms with van der Waals surface area (Å²) in [6, 6.07) is 1.67. The van der Waals surface area contributed by atoms with Gasteiger partial charge in [0.1, 0.15) is 36.3 Å². The number of aliphatic hydroxyl groups is 4. The minimum Gasteiger partial charge on any atom is -0.495 e. The zero-order chi connectivity index (χ0) is 64.9. The van der Waals surface area contributed by atoms with Crippen molar-refractivity contribution in [2.75, 3.05) is 60.4 Å². The number of aliphatic imine (C=N–C) groups is 1. The molecule has 6 aliphatic rings. The molecule has 0 aromatic heterocycles. The van der Waals surface area contributed by atoms with Gasteiger partial charge in [-0.25, -0.2) is 14.6 Å². The summed E-state index contributed by atoms with van der Waals surface area (Å²) in [6.07, 6.45) is -11.2. The van der Waals surface area contributed by atoms with Crippen LogP contribution in [0.2, 0.25) is 0 Å². The number of ketones is 1. The number of benzene rings is 1. The predicted molar refractivity (Wildman–Crippen MR) is 334 cm³/mol. The molecule has 19 atom stereocenters. The van der Waals surface area contributed by atoms with E-state index >= 15 is 4.79 Å². The van der Waals surface area contributed by atoms with Crippen molar-refractivity contribution < 1.29 is 101 Å². The minimum atomic E-state index is -2.63. The van der Waals surface area contributed by atoms with Crippen molar-refractivity contribution in [1.29, 1.82) is 0 Å². The number of fused-ring (bicyclic) bond motifs is 2. The fourth-order valence-corrected chi connectivity index (χ4v) is 14.2. The number of hydrogen-bond donors (Lipinski definition) is 7. The number of rotatable bonds is 25. The molecule has 2 aliphatic carbocycles. The van der Waals surface area contributed by atoms with Gasteiger partial charge in [0, 0.05) is 61.4 Å². The highest BCUT2D eigenvalue weighted by molar-refractivity contribution is 9.09. The van der Waals surface area contributed by atoms with Crippen molar-refractivity contribution >= 4 is 72.4 Å². The summed E-state index contributed by atoms with van der Waals surface area (Å²) in [5.41, 5.74) is -0.198. The molecule has 25 nitrogen and oxygen atoms in total. The molecule has 4 fully saturated rings. The van der Waals surface area contributed by atoms with Crippen LogP contribution >= 0.6 is 43.2 Å². The van der Waals surface area contributed by atoms with Crippen LogP contribution in [0.15, 0.2) is 64.5 Å². The lowest BCUT2D eigenvalue weighted by Gasteiger charge is -2.47. The first-order chi connectivity index (χ1) is 42.5. The molecule has 89 heavy (non-hydrogen) atoms. The first-order valence-corrected chi connectivity index (χ1v) is 34.0. The third-order valence-corrected chi connectivity index (χ3v) is 20.4. The summed E-state index contributed by atoms with van der Waals surface area (Å²) in [7, 11) is 11.1. The standard InChI is InChI=1S/C60H82N4O21S4/c1-29(2)61-38-28-77-45(26-41(38)73-9)83-54-52(67)49(64-85-47-25-39(65)55(86-13)34(7)79-47)32(5)80-58(54)82-40-19-17-15-16-18-21-60(71)36(20-22-88-89-87-14)48(40)50(63-59(70)76-12)53(68)56(60)84-46-27-44(51(66)33(6)78-46)81-57(69)35-23-42(74-10)43(75-11)24-37(35)62-30(3)31(4)72-8/h15-16,20,23-24,29,32-34,38-41,44-47,49,51-52,54-56,58,61,64-67,71H,4,22,25-28H2,1-3,5-14H3,(H,63,70)/t32-,33-,34+,38-,39-,40-,41-,44-,45-,46?,47-,49+,51-,52-,54+,55+,56+,58-,60+/m0/s1. The Bertz CT molecular complexity index is 2900. The molecule has 7 N–H and O–H groups in total. The average Bonchev–Trinajstić information content (AvgIpc) is 0.971. The van der Waals surface area contributed by atoms with E-state index in [2.05, 4.69) is 51.4 Å². The minimum absolute atomic E-state index is 0.0888. The SMILES string of the molecule is C=C(OC)C(C)=Nc1cc(OC)c(OC)cc1C(=O)O[C@H]1CC(O[C@@H]2C(=O)C(NC(=O)OC)=C3C(=CCSSSC)[C@]2(O)C#CC=CC#C[C@@H]3O[C@@H]2O[C@@H](C)[C@@H](NO[C@H]3C[C@H](O)[C@H](SC)[C@@H](C)O3)[C@H](O)[C@H]2O[C@H]2C[C@H](OC)[C@@H](NC(C)C)CO2)O[C@@H](C)[C@@H]1O. The monoisotopic (exact) mass is 1320 g/mol. The first kappa shape index (κ1) is 72.0. The smallest absolute Gasteiger partial charge is 0.411 e. The number of amides is 1. The highest BCUT2D eigenvalue weighted by atomic mass is 33.5. The van der Waals surface area contributed by atoms with Gasteiger partial charge in [0.25, 0.3) is 0 Å². The second kappa shape index (κ2) is 33.4. The zero-order valence-corrected chi connectivity index (χ0v) is 55.2. The largest absolute Gasteiger partial charge is 0.495 e. The van der Waals surface area contributed by atoms with Crippen LogP contribution in [0.1, 0.15) is 71.2 Å². The topological polar surface area (TPSA) is 310 Å². The lowest BCUT2D eigenvalue weighted by molar-refractivity contribution is -0.336. The van der Waals surface area contributed by atoms with E-state index in [0.717, 1.165) is 7.11 Å². The number of nitrogens with one attached hydrogen (secondary N) is 3. The summed E-state index contributed by atoms with van der Waals surface area (Å²) < 4.78 is 78.6. The van der Waals surface area contributed by atoms with Crippen LogP contribution in [0, 0.1) is 23.7 Å². The van der Waals surface area contributed by atoms with Gasteiger partial charge in [-0.3, -0.25) is 14.9 Å². The number of methoxy groups -OCH3 is 5. The van der Waals surface area contributed by atoms with Crippen molar-refractivity contribution in [3.8, 4) is 35.2 Å². The molecule has 29 heteroatoms. The van der Waals surface area contributed by atoms with E-state index in [1.807, 2.05) is 33.3 Å². The van der Waals surface area contributed by atoms with Crippen LogP contribution in [-0.4, -0.2) is 226 Å². The Morgan fingerprint density at radius 3 is 2.26 bits per heavy atom. The van der Waals surface area contributed by atoms with Gasteiger partial charge in [-0.05, 0) is 62.2 Å². The molecule has 1 amide bonds. The normalized spacial score (nSPS) is 34.4. The molecule has 7 rings (SSSR count). The maximum absolute atomic E-state index is 15.6. The molecule has 2 bridgehead atoms. The molecule has 4 heterocycles. The molecule has 4 aliphatic heterocycles. The maximum atomic E-state index is 15.6. The Morgan fingerprint density at radius 1 is 0.888 bits per heavy atom. The van der Waals surface area contributed by atoms with Crippen molar-refractivity contribution in [3.63, 3.8) is 0 Å². The summed E-state index contributed by atoms with van der Waals surface area (Å²) in [4.78, 5) is 54.2. The van der Waals surface area contributed by atoms with Crippen molar-refractivity contribution in [2.24, 2.45) is 4.99 Å². The summed E-state index contributed by atoms with van der Waals surface area (Å²) in [5, 5.41) is 54.4. The Kier molecular flexibility index (Phi) is 27.0. The van der Waals surface area contributed by atoms with Crippen LogP contribution in [0.5, 0.6) is 11.5 Å². The predicted octanol–water partition coefficient (Wildman–Crippen LogP) is 4.57. The number of thioether (sulfide) groups is 1. The number of esters is 1. The number of hydroxylamine groups is 1. The third-order valence-electron chi connectivity index (χ3n) is 15.4. The summed E-state index contributed by atoms with van der Waals surface area (Å²) in [5.74, 6) is 10.3. The number of carbonyl (C=O) groups is 3. The van der Waals surface area contributed by atoms with E-state index in [9.17, 15) is 30.0 Å². The number of alkyl carbamates (subject to hydrolysis) is 1. The van der Waals surface area contributed by atoms with E-state index in [4.69, 9.17) is 66.4 Å². The van der Waals surface area contributed by atoms with Crippen LogP contribution < -0.4 is 25.6 Å². The number of carbonyl (C=O) groups excluding carboxylic acids is 3. The van der Waals surface area contributed by atoms with Crippen LogP contribution in [0.3, 0.4) is 0 Å². The summed E-state index contributed by atoms with van der Waals surface area (Å²) >= 11 is 1.48. The number of nitrogens with zero attached hydrogens (tertiary/aromatic N) is 1. The molecule has 0 radical (unpaired) electrons. The quantitative estimate of drug-likeness (QED) is 0.0134. The lowest BCUT2D eigenvalue weighted by Crippen LogP contribution is -2.65. The number of allylic oxidation sites excluding steroid dienone is 3. The highest BCUT2D eigenvalue weighted by Gasteiger charge is 2.57. The van der Waals surface area contributed by atoms with Gasteiger partial charge in [-0.1, -0.05) is 71.8 Å². The Morgan fingerprint density at radius 2 is 1.60 bits per heavy atom. The number of aliphatic hydroxyl groups excluding tert-OH is 3. The van der Waals surface area contributed by atoms with Crippen LogP contribution in [-0.2, 0) is 61.7 Å². The number of ether oxygens (including phenoxy) is 13. The molecule has 1 unspecified atom stereocenters. The van der Waals surface area contributed by atoms with Crippen molar-refractivity contribution in [2.45, 2.75) is 182 Å². The fourth-order valence-electron chi connectivity index (χ4n) is 10.9. The number of hydrogen-bond acceptors (Lipinski definition) is 28. The van der Waals surface area contributed by atoms with Crippen LogP contribution in [0.25, 0.3) is 0 Å².